The smallest absolute Gasteiger partial charge is 0.0302 e. The van der Waals surface area contributed by atoms with Crippen LogP contribution < -0.4 is 5.32 Å². The molecule has 3 atom stereocenters. The minimum absolute atomic E-state index is 0.516. The predicted molar refractivity (Wildman–Crippen MR) is 67.3 cm³/mol. The van der Waals surface area contributed by atoms with Crippen molar-refractivity contribution >= 4 is 11.3 Å². The van der Waals surface area contributed by atoms with Gasteiger partial charge in [-0.15, -0.1) is 0 Å². The van der Waals surface area contributed by atoms with Crippen molar-refractivity contribution in [3.05, 3.63) is 22.4 Å². The van der Waals surface area contributed by atoms with Gasteiger partial charge in [0.1, 0.15) is 0 Å². The third kappa shape index (κ3) is 2.82. The van der Waals surface area contributed by atoms with Crippen molar-refractivity contribution in [3.8, 4) is 0 Å². The van der Waals surface area contributed by atoms with E-state index in [1.807, 2.05) is 0 Å². The zero-order valence-corrected chi connectivity index (χ0v) is 10.5. The summed E-state index contributed by atoms with van der Waals surface area (Å²) in [7, 11) is 0. The molecular weight excluding hydrogens is 202 g/mol. The number of hydrogen-bond donors (Lipinski definition) is 1. The molecule has 84 valence electrons. The van der Waals surface area contributed by atoms with E-state index in [2.05, 4.69) is 36.0 Å². The molecule has 1 nitrogen and oxygen atoms in total. The van der Waals surface area contributed by atoms with Gasteiger partial charge in [-0.2, -0.15) is 11.3 Å². The minimum Gasteiger partial charge on any atom is -0.307 e. The predicted octanol–water partition coefficient (Wildman–Crippen LogP) is 3.98. The Balaban J connectivity index is 1.90. The van der Waals surface area contributed by atoms with Gasteiger partial charge in [0.05, 0.1) is 0 Å². The molecule has 0 aliphatic heterocycles. The maximum absolute atomic E-state index is 3.78. The van der Waals surface area contributed by atoms with Gasteiger partial charge in [0.25, 0.3) is 0 Å². The molecule has 1 aromatic rings. The maximum atomic E-state index is 3.78. The molecule has 2 heteroatoms. The number of rotatable bonds is 3. The highest BCUT2D eigenvalue weighted by Crippen LogP contribution is 2.26. The average molecular weight is 223 g/mol. The van der Waals surface area contributed by atoms with E-state index in [1.54, 1.807) is 11.3 Å². The summed E-state index contributed by atoms with van der Waals surface area (Å²) in [5.74, 6) is 0.847. The van der Waals surface area contributed by atoms with E-state index in [-0.39, 0.29) is 0 Å². The van der Waals surface area contributed by atoms with Gasteiger partial charge in [-0.25, -0.2) is 0 Å². The van der Waals surface area contributed by atoms with Gasteiger partial charge in [-0.3, -0.25) is 0 Å². The zero-order valence-electron chi connectivity index (χ0n) is 9.70. The Kier molecular flexibility index (Phi) is 3.81. The summed E-state index contributed by atoms with van der Waals surface area (Å²) in [5.41, 5.74) is 1.44. The normalized spacial score (nSPS) is 28.9. The molecule has 1 saturated carbocycles. The van der Waals surface area contributed by atoms with Crippen molar-refractivity contribution < 1.29 is 0 Å². The molecule has 1 heterocycles. The van der Waals surface area contributed by atoms with Crippen LogP contribution in [0.4, 0.5) is 0 Å². The van der Waals surface area contributed by atoms with Crippen molar-refractivity contribution in [2.45, 2.75) is 51.6 Å². The summed E-state index contributed by atoms with van der Waals surface area (Å²) in [6.07, 6.45) is 5.58. The minimum atomic E-state index is 0.516. The standard InChI is InChI=1S/C13H21NS/c1-10-5-3-4-6-13(10)14-11(2)12-7-8-15-9-12/h7-11,13-14H,3-6H2,1-2H3. The van der Waals surface area contributed by atoms with Crippen molar-refractivity contribution in [2.75, 3.05) is 0 Å². The van der Waals surface area contributed by atoms with Gasteiger partial charge in [0, 0.05) is 12.1 Å². The molecule has 1 aliphatic carbocycles. The molecular formula is C13H21NS. The van der Waals surface area contributed by atoms with Crippen LogP contribution in [0.1, 0.15) is 51.1 Å². The summed E-state index contributed by atoms with van der Waals surface area (Å²) < 4.78 is 0. The van der Waals surface area contributed by atoms with Crippen LogP contribution in [0.3, 0.4) is 0 Å². The van der Waals surface area contributed by atoms with Crippen LogP contribution >= 0.6 is 11.3 Å². The molecule has 0 saturated heterocycles. The highest BCUT2D eigenvalue weighted by molar-refractivity contribution is 7.07. The van der Waals surface area contributed by atoms with Crippen molar-refractivity contribution in [2.24, 2.45) is 5.92 Å². The van der Waals surface area contributed by atoms with Crippen LogP contribution in [-0.4, -0.2) is 6.04 Å². The quantitative estimate of drug-likeness (QED) is 0.817. The molecule has 1 aromatic heterocycles. The maximum Gasteiger partial charge on any atom is 0.0302 e. The first-order valence-corrected chi connectivity index (χ1v) is 7.00. The lowest BCUT2D eigenvalue weighted by Crippen LogP contribution is -2.38. The zero-order chi connectivity index (χ0) is 10.7. The Bertz CT molecular complexity index is 281. The van der Waals surface area contributed by atoms with Crippen LogP contribution in [0.25, 0.3) is 0 Å². The lowest BCUT2D eigenvalue weighted by molar-refractivity contribution is 0.263. The Morgan fingerprint density at radius 2 is 2.20 bits per heavy atom. The molecule has 1 aliphatic rings. The summed E-state index contributed by atoms with van der Waals surface area (Å²) in [6, 6.07) is 3.48. The Labute approximate surface area is 96.9 Å². The highest BCUT2D eigenvalue weighted by Gasteiger charge is 2.22. The number of hydrogen-bond acceptors (Lipinski definition) is 2. The van der Waals surface area contributed by atoms with E-state index < -0.39 is 0 Å². The molecule has 0 amide bonds. The fraction of sp³-hybridized carbons (Fsp3) is 0.692. The Hall–Kier alpha value is -0.340. The average Bonchev–Trinajstić information content (AvgIpc) is 2.74. The molecule has 1 N–H and O–H groups in total. The van der Waals surface area contributed by atoms with Crippen LogP contribution in [0.15, 0.2) is 16.8 Å². The topological polar surface area (TPSA) is 12.0 Å². The van der Waals surface area contributed by atoms with E-state index in [4.69, 9.17) is 0 Å². The van der Waals surface area contributed by atoms with Gasteiger partial charge in [0.15, 0.2) is 0 Å². The number of thiophene rings is 1. The molecule has 0 aromatic carbocycles. The van der Waals surface area contributed by atoms with Gasteiger partial charge < -0.3 is 5.32 Å². The van der Waals surface area contributed by atoms with E-state index in [1.165, 1.54) is 31.2 Å². The van der Waals surface area contributed by atoms with Gasteiger partial charge in [-0.05, 0) is 48.1 Å². The third-order valence-electron chi connectivity index (χ3n) is 3.62. The first-order chi connectivity index (χ1) is 7.27. The summed E-state index contributed by atoms with van der Waals surface area (Å²) in [4.78, 5) is 0. The fourth-order valence-electron chi connectivity index (χ4n) is 2.50. The van der Waals surface area contributed by atoms with Gasteiger partial charge in [0.2, 0.25) is 0 Å². The monoisotopic (exact) mass is 223 g/mol. The second-order valence-corrected chi connectivity index (χ2v) is 5.59. The molecule has 0 radical (unpaired) electrons. The first-order valence-electron chi connectivity index (χ1n) is 6.05. The molecule has 2 rings (SSSR count). The molecule has 3 unspecified atom stereocenters. The highest BCUT2D eigenvalue weighted by atomic mass is 32.1. The SMILES string of the molecule is CC(NC1CCCCC1C)c1ccsc1. The molecule has 1 fully saturated rings. The summed E-state index contributed by atoms with van der Waals surface area (Å²) in [6.45, 7) is 4.67. The lowest BCUT2D eigenvalue weighted by Gasteiger charge is -2.32. The van der Waals surface area contributed by atoms with Crippen LogP contribution in [0, 0.1) is 5.92 Å². The van der Waals surface area contributed by atoms with Crippen molar-refractivity contribution in [1.82, 2.24) is 5.32 Å². The second kappa shape index (κ2) is 5.13. The van der Waals surface area contributed by atoms with E-state index in [0.717, 1.165) is 12.0 Å². The van der Waals surface area contributed by atoms with Crippen LogP contribution in [0.2, 0.25) is 0 Å². The van der Waals surface area contributed by atoms with E-state index in [0.29, 0.717) is 6.04 Å². The second-order valence-electron chi connectivity index (χ2n) is 4.81. The van der Waals surface area contributed by atoms with Gasteiger partial charge in [-0.1, -0.05) is 19.8 Å². The van der Waals surface area contributed by atoms with Crippen LogP contribution in [0.5, 0.6) is 0 Å². The fourth-order valence-corrected chi connectivity index (χ4v) is 3.26. The summed E-state index contributed by atoms with van der Waals surface area (Å²) >= 11 is 1.79. The largest absolute Gasteiger partial charge is 0.307 e. The van der Waals surface area contributed by atoms with Crippen molar-refractivity contribution in [3.63, 3.8) is 0 Å². The molecule has 15 heavy (non-hydrogen) atoms. The summed E-state index contributed by atoms with van der Waals surface area (Å²) in [5, 5.41) is 8.20. The van der Waals surface area contributed by atoms with E-state index in [9.17, 15) is 0 Å². The molecule has 0 bridgehead atoms. The van der Waals surface area contributed by atoms with Crippen LogP contribution in [-0.2, 0) is 0 Å². The molecule has 0 spiro atoms. The third-order valence-corrected chi connectivity index (χ3v) is 4.32. The van der Waals surface area contributed by atoms with E-state index >= 15 is 0 Å². The van der Waals surface area contributed by atoms with Crippen molar-refractivity contribution in [1.29, 1.82) is 0 Å². The Morgan fingerprint density at radius 3 is 2.87 bits per heavy atom. The lowest BCUT2D eigenvalue weighted by atomic mass is 9.85. The first kappa shape index (κ1) is 11.2. The number of nitrogens with one attached hydrogen (secondary N) is 1. The Morgan fingerprint density at radius 1 is 1.40 bits per heavy atom. The van der Waals surface area contributed by atoms with Gasteiger partial charge >= 0.3 is 0 Å².